The van der Waals surface area contributed by atoms with Crippen molar-refractivity contribution in [2.24, 2.45) is 0 Å². The molecule has 24 heavy (non-hydrogen) atoms. The molecule has 0 saturated carbocycles. The van der Waals surface area contributed by atoms with E-state index in [1.165, 1.54) is 23.3 Å². The molecule has 1 atom stereocenters. The summed E-state index contributed by atoms with van der Waals surface area (Å²) in [7, 11) is 1.43. The first-order valence-corrected chi connectivity index (χ1v) is 8.08. The van der Waals surface area contributed by atoms with Crippen LogP contribution in [0, 0.1) is 6.92 Å². The summed E-state index contributed by atoms with van der Waals surface area (Å²) in [5, 5.41) is 5.42. The predicted molar refractivity (Wildman–Crippen MR) is 89.5 cm³/mol. The summed E-state index contributed by atoms with van der Waals surface area (Å²) in [4.78, 5) is 14.7. The number of carbonyl (C=O) groups excluding carboxylic acids is 1. The maximum Gasteiger partial charge on any atom is 0.405 e. The second-order valence-corrected chi connectivity index (χ2v) is 6.56. The monoisotopic (exact) mass is 387 g/mol. The summed E-state index contributed by atoms with van der Waals surface area (Å²) in [6, 6.07) is 0.0116. The molecular weight excluding hydrogens is 367 g/mol. The van der Waals surface area contributed by atoms with E-state index < -0.39 is 24.7 Å². The standard InChI is InChI=1S/C14H20F3N3O2S.ClH/c1-9-7-10(22-2)12(23-9)13(21)19-8-11(14(15,16)17)20-5-3-18-4-6-20;/h7,11,18H,3-6,8H2,1-2H3,(H,19,21);1H. The second-order valence-electron chi connectivity index (χ2n) is 5.31. The number of piperazine rings is 1. The molecule has 1 aliphatic rings. The van der Waals surface area contributed by atoms with Crippen molar-refractivity contribution in [2.75, 3.05) is 39.8 Å². The number of aryl methyl sites for hydroxylation is 1. The van der Waals surface area contributed by atoms with Crippen LogP contribution in [0.1, 0.15) is 14.5 Å². The van der Waals surface area contributed by atoms with E-state index in [0.29, 0.717) is 36.8 Å². The lowest BCUT2D eigenvalue weighted by Gasteiger charge is -2.35. The summed E-state index contributed by atoms with van der Waals surface area (Å²) in [6.07, 6.45) is -4.39. The number of halogens is 4. The number of methoxy groups -OCH3 is 1. The molecule has 1 fully saturated rings. The summed E-state index contributed by atoms with van der Waals surface area (Å²) in [5.74, 6) is -0.153. The molecule has 1 aromatic rings. The molecule has 0 bridgehead atoms. The molecule has 5 nitrogen and oxygen atoms in total. The topological polar surface area (TPSA) is 53.6 Å². The highest BCUT2D eigenvalue weighted by Crippen LogP contribution is 2.29. The van der Waals surface area contributed by atoms with Gasteiger partial charge in [0.05, 0.1) is 7.11 Å². The average Bonchev–Trinajstić information content (AvgIpc) is 2.88. The fourth-order valence-electron chi connectivity index (χ4n) is 2.52. The minimum absolute atomic E-state index is 0. The molecule has 0 radical (unpaired) electrons. The predicted octanol–water partition coefficient (Wildman–Crippen LogP) is 2.05. The van der Waals surface area contributed by atoms with E-state index in [9.17, 15) is 18.0 Å². The number of hydrogen-bond donors (Lipinski definition) is 2. The van der Waals surface area contributed by atoms with Gasteiger partial charge in [0.25, 0.3) is 5.91 Å². The van der Waals surface area contributed by atoms with Crippen LogP contribution in [-0.4, -0.2) is 62.9 Å². The molecular formula is C14H21ClF3N3O2S. The maximum atomic E-state index is 13.3. The number of carbonyl (C=O) groups is 1. The van der Waals surface area contributed by atoms with Crippen molar-refractivity contribution in [3.8, 4) is 5.75 Å². The minimum Gasteiger partial charge on any atom is -0.495 e. The molecule has 1 amide bonds. The van der Waals surface area contributed by atoms with E-state index in [-0.39, 0.29) is 12.4 Å². The van der Waals surface area contributed by atoms with E-state index in [0.717, 1.165) is 4.88 Å². The van der Waals surface area contributed by atoms with Gasteiger partial charge in [-0.2, -0.15) is 13.2 Å². The van der Waals surface area contributed by atoms with Crippen molar-refractivity contribution in [1.82, 2.24) is 15.5 Å². The molecule has 1 unspecified atom stereocenters. The first kappa shape index (κ1) is 21.0. The van der Waals surface area contributed by atoms with E-state index in [1.807, 2.05) is 6.92 Å². The van der Waals surface area contributed by atoms with Crippen LogP contribution < -0.4 is 15.4 Å². The van der Waals surface area contributed by atoms with Crippen molar-refractivity contribution in [3.05, 3.63) is 15.8 Å². The lowest BCUT2D eigenvalue weighted by molar-refractivity contribution is -0.183. The molecule has 10 heteroatoms. The van der Waals surface area contributed by atoms with Crippen LogP contribution >= 0.6 is 23.7 Å². The van der Waals surface area contributed by atoms with Crippen LogP contribution in [0.25, 0.3) is 0 Å². The fourth-order valence-corrected chi connectivity index (χ4v) is 3.41. The quantitative estimate of drug-likeness (QED) is 0.812. The Morgan fingerprint density at radius 2 is 2.08 bits per heavy atom. The van der Waals surface area contributed by atoms with Crippen LogP contribution in [0.15, 0.2) is 6.07 Å². The lowest BCUT2D eigenvalue weighted by atomic mass is 10.2. The zero-order valence-electron chi connectivity index (χ0n) is 13.4. The summed E-state index contributed by atoms with van der Waals surface area (Å²) in [6.45, 7) is 2.98. The van der Waals surface area contributed by atoms with E-state index in [1.54, 1.807) is 6.07 Å². The minimum atomic E-state index is -4.39. The lowest BCUT2D eigenvalue weighted by Crippen LogP contribution is -2.57. The second kappa shape index (κ2) is 8.89. The Balaban J connectivity index is 0.00000288. The zero-order chi connectivity index (χ0) is 17.0. The van der Waals surface area contributed by atoms with Gasteiger partial charge in [0.2, 0.25) is 0 Å². The molecule has 0 spiro atoms. The van der Waals surface area contributed by atoms with Gasteiger partial charge in [0, 0.05) is 37.6 Å². The van der Waals surface area contributed by atoms with Crippen LogP contribution in [-0.2, 0) is 0 Å². The first-order chi connectivity index (χ1) is 10.8. The number of ether oxygens (including phenoxy) is 1. The van der Waals surface area contributed by atoms with E-state index in [2.05, 4.69) is 10.6 Å². The number of thiophene rings is 1. The van der Waals surface area contributed by atoms with Crippen LogP contribution in [0.3, 0.4) is 0 Å². The molecule has 0 aromatic carbocycles. The van der Waals surface area contributed by atoms with Gasteiger partial charge in [-0.1, -0.05) is 0 Å². The van der Waals surface area contributed by atoms with Gasteiger partial charge in [-0.15, -0.1) is 23.7 Å². The SMILES string of the molecule is COc1cc(C)sc1C(=O)NCC(N1CCNCC1)C(F)(F)F.Cl. The third kappa shape index (κ3) is 5.23. The Bertz CT molecular complexity index is 548. The van der Waals surface area contributed by atoms with E-state index in [4.69, 9.17) is 4.74 Å². The Hall–Kier alpha value is -1.03. The van der Waals surface area contributed by atoms with Gasteiger partial charge in [-0.05, 0) is 13.0 Å². The number of nitrogens with one attached hydrogen (secondary N) is 2. The van der Waals surface area contributed by atoms with Crippen molar-refractivity contribution in [3.63, 3.8) is 0 Å². The molecule has 1 aliphatic heterocycles. The van der Waals surface area contributed by atoms with Crippen LogP contribution in [0.5, 0.6) is 5.75 Å². The number of hydrogen-bond acceptors (Lipinski definition) is 5. The maximum absolute atomic E-state index is 13.3. The fraction of sp³-hybridized carbons (Fsp3) is 0.643. The van der Waals surface area contributed by atoms with E-state index >= 15 is 0 Å². The molecule has 138 valence electrons. The van der Waals surface area contributed by atoms with Crippen LogP contribution in [0.4, 0.5) is 13.2 Å². The zero-order valence-corrected chi connectivity index (χ0v) is 15.0. The van der Waals surface area contributed by atoms with Gasteiger partial charge in [0.15, 0.2) is 0 Å². The number of rotatable bonds is 5. The number of amides is 1. The first-order valence-electron chi connectivity index (χ1n) is 7.27. The third-order valence-electron chi connectivity index (χ3n) is 3.67. The van der Waals surface area contributed by atoms with Crippen molar-refractivity contribution in [1.29, 1.82) is 0 Å². The normalized spacial score (nSPS) is 17.0. The Morgan fingerprint density at radius 3 is 2.62 bits per heavy atom. The van der Waals surface area contributed by atoms with Crippen molar-refractivity contribution < 1.29 is 22.7 Å². The molecule has 0 aliphatic carbocycles. The Kier molecular flexibility index (Phi) is 7.78. The van der Waals surface area contributed by atoms with Gasteiger partial charge < -0.3 is 15.4 Å². The van der Waals surface area contributed by atoms with Crippen molar-refractivity contribution in [2.45, 2.75) is 19.1 Å². The highest BCUT2D eigenvalue weighted by molar-refractivity contribution is 7.14. The summed E-state index contributed by atoms with van der Waals surface area (Å²) in [5.41, 5.74) is 0. The Labute approximate surface area is 148 Å². The number of alkyl halides is 3. The molecule has 1 aromatic heterocycles. The molecule has 2 rings (SSSR count). The van der Waals surface area contributed by atoms with Gasteiger partial charge in [0.1, 0.15) is 16.7 Å². The van der Waals surface area contributed by atoms with Gasteiger partial charge in [-0.25, -0.2) is 0 Å². The molecule has 2 heterocycles. The molecule has 2 N–H and O–H groups in total. The van der Waals surface area contributed by atoms with Crippen LogP contribution in [0.2, 0.25) is 0 Å². The largest absolute Gasteiger partial charge is 0.495 e. The Morgan fingerprint density at radius 1 is 1.46 bits per heavy atom. The highest BCUT2D eigenvalue weighted by atomic mass is 35.5. The van der Waals surface area contributed by atoms with Gasteiger partial charge >= 0.3 is 6.18 Å². The average molecular weight is 388 g/mol. The third-order valence-corrected chi connectivity index (χ3v) is 4.70. The number of nitrogens with zero attached hydrogens (tertiary/aromatic N) is 1. The van der Waals surface area contributed by atoms with Gasteiger partial charge in [-0.3, -0.25) is 9.69 Å². The van der Waals surface area contributed by atoms with Crippen molar-refractivity contribution >= 4 is 29.7 Å². The summed E-state index contributed by atoms with van der Waals surface area (Å²) < 4.78 is 44.9. The highest BCUT2D eigenvalue weighted by Gasteiger charge is 2.43. The summed E-state index contributed by atoms with van der Waals surface area (Å²) >= 11 is 1.20. The smallest absolute Gasteiger partial charge is 0.405 e. The molecule has 1 saturated heterocycles.